The number of carbonyl (C=O) groups excluding carboxylic acids is 1. The van der Waals surface area contributed by atoms with Crippen LogP contribution in [0.25, 0.3) is 17.1 Å². The van der Waals surface area contributed by atoms with Crippen molar-refractivity contribution in [2.24, 2.45) is 13.0 Å². The van der Waals surface area contributed by atoms with Crippen molar-refractivity contribution < 1.29 is 18.7 Å². The summed E-state index contributed by atoms with van der Waals surface area (Å²) in [6.45, 7) is 2.65. The lowest BCUT2D eigenvalue weighted by Crippen LogP contribution is -2.21. The molecule has 0 unspecified atom stereocenters. The highest BCUT2D eigenvalue weighted by molar-refractivity contribution is 8.47. The van der Waals surface area contributed by atoms with Crippen LogP contribution in [0.5, 0.6) is 0 Å². The standard InChI is InChI=1S/C21H34FN5O3S/c1-7-30-21(28)16(12-15-8-9-15)19-24-25-20(18-17(22)13-23-26(18)2)27(19)14-29-10-11-31(3,4,5)6/h12-13,15,31H,7-11,14H2,1-6H3/b16-12-. The molecule has 0 bridgehead atoms. The molecule has 31 heavy (non-hydrogen) atoms. The van der Waals surface area contributed by atoms with E-state index in [-0.39, 0.29) is 24.9 Å². The Hall–Kier alpha value is -2.20. The van der Waals surface area contributed by atoms with Gasteiger partial charge in [-0.3, -0.25) is 18.4 Å². The molecule has 0 aromatic carbocycles. The summed E-state index contributed by atoms with van der Waals surface area (Å²) < 4.78 is 28.7. The van der Waals surface area contributed by atoms with E-state index in [0.29, 0.717) is 23.9 Å². The van der Waals surface area contributed by atoms with Crippen molar-refractivity contribution in [3.8, 4) is 11.5 Å². The molecule has 8 nitrogen and oxygen atoms in total. The zero-order valence-electron chi connectivity index (χ0n) is 19.3. The zero-order valence-corrected chi connectivity index (χ0v) is 20.2. The predicted octanol–water partition coefficient (Wildman–Crippen LogP) is 2.74. The topological polar surface area (TPSA) is 84.1 Å². The van der Waals surface area contributed by atoms with Crippen LogP contribution >= 0.6 is 9.16 Å². The molecule has 1 aliphatic rings. The summed E-state index contributed by atoms with van der Waals surface area (Å²) in [5.41, 5.74) is 0.527. The number of nitrogens with zero attached hydrogens (tertiary/aromatic N) is 5. The summed E-state index contributed by atoms with van der Waals surface area (Å²) in [6.07, 6.45) is 14.2. The Bertz CT molecular complexity index is 956. The number of esters is 1. The number of thiol groups is 1. The van der Waals surface area contributed by atoms with E-state index in [4.69, 9.17) is 9.47 Å². The molecule has 0 atom stereocenters. The van der Waals surface area contributed by atoms with Crippen LogP contribution in [0.15, 0.2) is 12.3 Å². The van der Waals surface area contributed by atoms with Crippen LogP contribution in [0, 0.1) is 11.7 Å². The van der Waals surface area contributed by atoms with E-state index < -0.39 is 20.9 Å². The molecule has 0 spiro atoms. The molecule has 0 aliphatic heterocycles. The molecule has 0 saturated heterocycles. The van der Waals surface area contributed by atoms with Crippen LogP contribution in [0.1, 0.15) is 25.6 Å². The fraction of sp³-hybridized carbons (Fsp3) is 0.619. The molecule has 0 amide bonds. The van der Waals surface area contributed by atoms with Gasteiger partial charge >= 0.3 is 5.97 Å². The Morgan fingerprint density at radius 1 is 1.29 bits per heavy atom. The number of ether oxygens (including phenoxy) is 2. The van der Waals surface area contributed by atoms with Crippen molar-refractivity contribution in [2.45, 2.75) is 26.5 Å². The van der Waals surface area contributed by atoms with Crippen LogP contribution < -0.4 is 0 Å². The maximum Gasteiger partial charge on any atom is 0.341 e. The monoisotopic (exact) mass is 455 g/mol. The molecule has 1 saturated carbocycles. The minimum atomic E-state index is -1.73. The lowest BCUT2D eigenvalue weighted by molar-refractivity contribution is -0.136. The van der Waals surface area contributed by atoms with E-state index in [1.807, 2.05) is 6.08 Å². The van der Waals surface area contributed by atoms with Crippen molar-refractivity contribution in [2.75, 3.05) is 44.0 Å². The lowest BCUT2D eigenvalue weighted by Gasteiger charge is -2.46. The molecule has 3 rings (SSSR count). The Kier molecular flexibility index (Phi) is 6.61. The quantitative estimate of drug-likeness (QED) is 0.257. The smallest absolute Gasteiger partial charge is 0.341 e. The maximum atomic E-state index is 14.5. The number of carbonyl (C=O) groups is 1. The van der Waals surface area contributed by atoms with Crippen LogP contribution in [0.2, 0.25) is 0 Å². The average molecular weight is 456 g/mol. The number of allylic oxidation sites excluding steroid dienone is 1. The number of aromatic nitrogens is 5. The first-order valence-electron chi connectivity index (χ1n) is 10.5. The van der Waals surface area contributed by atoms with E-state index >= 15 is 0 Å². The number of aryl methyl sites for hydroxylation is 1. The molecule has 10 heteroatoms. The van der Waals surface area contributed by atoms with Crippen molar-refractivity contribution in [1.82, 2.24) is 24.5 Å². The molecule has 2 aromatic heterocycles. The third kappa shape index (κ3) is 6.16. The number of rotatable bonds is 10. The Morgan fingerprint density at radius 2 is 2.00 bits per heavy atom. The molecule has 174 valence electrons. The van der Waals surface area contributed by atoms with Gasteiger partial charge in [0.2, 0.25) is 0 Å². The van der Waals surface area contributed by atoms with Gasteiger partial charge in [-0.2, -0.15) is 5.10 Å². The van der Waals surface area contributed by atoms with Gasteiger partial charge in [-0.05, 0) is 56.5 Å². The highest BCUT2D eigenvalue weighted by atomic mass is 32.3. The second-order valence-corrected chi connectivity index (χ2v) is 18.4. The fourth-order valence-electron chi connectivity index (χ4n) is 2.99. The van der Waals surface area contributed by atoms with Gasteiger partial charge < -0.3 is 9.47 Å². The van der Waals surface area contributed by atoms with Gasteiger partial charge in [-0.25, -0.2) is 9.18 Å². The summed E-state index contributed by atoms with van der Waals surface area (Å²) in [6, 6.07) is 0. The molecular formula is C21H34FN5O3S. The van der Waals surface area contributed by atoms with E-state index in [1.54, 1.807) is 18.5 Å². The number of halogens is 1. The van der Waals surface area contributed by atoms with Crippen molar-refractivity contribution in [1.29, 1.82) is 0 Å². The molecular weight excluding hydrogens is 421 g/mol. The van der Waals surface area contributed by atoms with Gasteiger partial charge in [0.05, 0.1) is 19.4 Å². The second kappa shape index (κ2) is 8.74. The zero-order chi connectivity index (χ0) is 22.8. The van der Waals surface area contributed by atoms with Gasteiger partial charge in [0.1, 0.15) is 18.0 Å². The van der Waals surface area contributed by atoms with Crippen LogP contribution in [-0.2, 0) is 28.0 Å². The molecule has 0 radical (unpaired) electrons. The summed E-state index contributed by atoms with van der Waals surface area (Å²) in [7, 11) is -0.0954. The van der Waals surface area contributed by atoms with E-state index in [2.05, 4.69) is 40.3 Å². The third-order valence-corrected chi connectivity index (χ3v) is 6.94. The molecule has 1 aliphatic carbocycles. The van der Waals surface area contributed by atoms with Crippen molar-refractivity contribution >= 4 is 20.7 Å². The van der Waals surface area contributed by atoms with E-state index in [1.165, 1.54) is 4.68 Å². The van der Waals surface area contributed by atoms with Crippen molar-refractivity contribution in [3.05, 3.63) is 23.9 Å². The maximum absolute atomic E-state index is 14.5. The summed E-state index contributed by atoms with van der Waals surface area (Å²) >= 11 is 0. The summed E-state index contributed by atoms with van der Waals surface area (Å²) in [5.74, 6) is 0.862. The highest BCUT2D eigenvalue weighted by Crippen LogP contribution is 2.54. The van der Waals surface area contributed by atoms with Crippen LogP contribution in [0.3, 0.4) is 0 Å². The Morgan fingerprint density at radius 3 is 2.55 bits per heavy atom. The highest BCUT2D eigenvalue weighted by Gasteiger charge is 2.29. The predicted molar refractivity (Wildman–Crippen MR) is 123 cm³/mol. The molecule has 2 heterocycles. The van der Waals surface area contributed by atoms with Gasteiger partial charge in [-0.1, -0.05) is 6.08 Å². The molecule has 0 N–H and O–H groups in total. The average Bonchev–Trinajstić information content (AvgIpc) is 3.31. The number of hydrogen-bond donors (Lipinski definition) is 1. The largest absolute Gasteiger partial charge is 0.462 e. The van der Waals surface area contributed by atoms with Crippen LogP contribution in [-0.4, -0.2) is 74.5 Å². The van der Waals surface area contributed by atoms with Gasteiger partial charge in [0, 0.05) is 7.05 Å². The Labute approximate surface area is 183 Å². The van der Waals surface area contributed by atoms with Gasteiger partial charge in [0.15, 0.2) is 17.5 Å². The molecule has 2 aromatic rings. The van der Waals surface area contributed by atoms with Gasteiger partial charge in [-0.15, -0.1) is 10.2 Å². The molecule has 1 fully saturated rings. The summed E-state index contributed by atoms with van der Waals surface area (Å²) in [4.78, 5) is 12.7. The SMILES string of the molecule is CCOC(=O)/C(=C\C1CC1)c1nnc(-c2c(F)cnn2C)n1COCC[SH](C)(C)(C)C. The summed E-state index contributed by atoms with van der Waals surface area (Å²) in [5, 5.41) is 12.4. The normalized spacial score (nSPS) is 16.2. The second-order valence-electron chi connectivity index (χ2n) is 10.1. The lowest BCUT2D eigenvalue weighted by atomic mass is 10.2. The van der Waals surface area contributed by atoms with E-state index in [0.717, 1.165) is 24.8 Å². The van der Waals surface area contributed by atoms with Gasteiger partial charge in [0.25, 0.3) is 0 Å². The number of hydrogen-bond acceptors (Lipinski definition) is 6. The van der Waals surface area contributed by atoms with Crippen LogP contribution in [0.4, 0.5) is 4.39 Å². The van der Waals surface area contributed by atoms with Crippen molar-refractivity contribution in [3.63, 3.8) is 0 Å². The third-order valence-electron chi connectivity index (χ3n) is 4.97. The first-order valence-corrected chi connectivity index (χ1v) is 14.8. The van der Waals surface area contributed by atoms with E-state index in [9.17, 15) is 9.18 Å². The fourth-order valence-corrected chi connectivity index (χ4v) is 3.85. The minimum absolute atomic E-state index is 0.0934. The first-order chi connectivity index (χ1) is 14.5. The Balaban J connectivity index is 1.98. The first kappa shape index (κ1) is 23.5. The minimum Gasteiger partial charge on any atom is -0.462 e.